The SMILES string of the molecule is N#Cc1ccc(CCOc2ccc(Br)cc2)cc1. The number of ether oxygens (including phenoxy) is 1. The lowest BCUT2D eigenvalue weighted by Gasteiger charge is -2.06. The Morgan fingerprint density at radius 3 is 2.28 bits per heavy atom. The number of nitrogens with zero attached hydrogens (tertiary/aromatic N) is 1. The summed E-state index contributed by atoms with van der Waals surface area (Å²) >= 11 is 3.38. The van der Waals surface area contributed by atoms with Gasteiger partial charge in [-0.2, -0.15) is 5.26 Å². The van der Waals surface area contributed by atoms with Crippen LogP contribution in [0.25, 0.3) is 0 Å². The molecule has 2 aromatic carbocycles. The van der Waals surface area contributed by atoms with Crippen LogP contribution in [0.15, 0.2) is 53.0 Å². The fraction of sp³-hybridized carbons (Fsp3) is 0.133. The minimum atomic E-state index is 0.632. The molecule has 0 aliphatic heterocycles. The summed E-state index contributed by atoms with van der Waals surface area (Å²) in [5.41, 5.74) is 1.86. The molecule has 0 bridgehead atoms. The van der Waals surface area contributed by atoms with Crippen LogP contribution in [0, 0.1) is 11.3 Å². The molecule has 0 aromatic heterocycles. The van der Waals surface area contributed by atoms with Crippen molar-refractivity contribution in [1.82, 2.24) is 0 Å². The molecule has 0 aliphatic rings. The summed E-state index contributed by atoms with van der Waals surface area (Å²) in [7, 11) is 0. The zero-order chi connectivity index (χ0) is 12.8. The highest BCUT2D eigenvalue weighted by atomic mass is 79.9. The predicted octanol–water partition coefficient (Wildman–Crippen LogP) is 3.94. The maximum Gasteiger partial charge on any atom is 0.119 e. The summed E-state index contributed by atoms with van der Waals surface area (Å²) in [5.74, 6) is 0.867. The number of halogens is 1. The van der Waals surface area contributed by atoms with Crippen molar-refractivity contribution in [3.63, 3.8) is 0 Å². The first-order valence-electron chi connectivity index (χ1n) is 5.65. The average Bonchev–Trinajstić information content (AvgIpc) is 2.42. The maximum absolute atomic E-state index is 8.70. The van der Waals surface area contributed by atoms with Crippen LogP contribution in [0.3, 0.4) is 0 Å². The molecular weight excluding hydrogens is 290 g/mol. The maximum atomic E-state index is 8.70. The Labute approximate surface area is 115 Å². The fourth-order valence-electron chi connectivity index (χ4n) is 1.56. The second kappa shape index (κ2) is 6.23. The number of nitriles is 1. The van der Waals surface area contributed by atoms with Gasteiger partial charge in [0, 0.05) is 10.9 Å². The van der Waals surface area contributed by atoms with Crippen LogP contribution in [0.4, 0.5) is 0 Å². The highest BCUT2D eigenvalue weighted by Crippen LogP contribution is 2.16. The highest BCUT2D eigenvalue weighted by molar-refractivity contribution is 9.10. The van der Waals surface area contributed by atoms with E-state index in [0.29, 0.717) is 12.2 Å². The Hall–Kier alpha value is -1.79. The highest BCUT2D eigenvalue weighted by Gasteiger charge is 1.96. The molecule has 0 fully saturated rings. The molecule has 2 aromatic rings. The predicted molar refractivity (Wildman–Crippen MR) is 74.5 cm³/mol. The summed E-state index contributed by atoms with van der Waals surface area (Å²) in [6, 6.07) is 17.5. The van der Waals surface area contributed by atoms with Crippen molar-refractivity contribution in [2.24, 2.45) is 0 Å². The molecule has 0 unspecified atom stereocenters. The Bertz CT molecular complexity index is 540. The van der Waals surface area contributed by atoms with E-state index in [1.807, 2.05) is 48.5 Å². The van der Waals surface area contributed by atoms with E-state index in [2.05, 4.69) is 22.0 Å². The van der Waals surface area contributed by atoms with E-state index in [4.69, 9.17) is 10.00 Å². The molecule has 3 heteroatoms. The summed E-state index contributed by atoms with van der Waals surface area (Å²) < 4.78 is 6.68. The molecule has 0 N–H and O–H groups in total. The molecule has 0 amide bonds. The lowest BCUT2D eigenvalue weighted by Crippen LogP contribution is -2.01. The van der Waals surface area contributed by atoms with Gasteiger partial charge < -0.3 is 4.74 Å². The molecule has 2 nitrogen and oxygen atoms in total. The largest absolute Gasteiger partial charge is 0.493 e. The summed E-state index contributed by atoms with van der Waals surface area (Å²) in [4.78, 5) is 0. The molecule has 18 heavy (non-hydrogen) atoms. The van der Waals surface area contributed by atoms with Gasteiger partial charge in [-0.25, -0.2) is 0 Å². The van der Waals surface area contributed by atoms with Crippen molar-refractivity contribution >= 4 is 15.9 Å². The van der Waals surface area contributed by atoms with Gasteiger partial charge in [0.05, 0.1) is 18.2 Å². The molecule has 0 spiro atoms. The van der Waals surface area contributed by atoms with Crippen molar-refractivity contribution < 1.29 is 4.74 Å². The second-order valence-corrected chi connectivity index (χ2v) is 4.78. The summed E-state index contributed by atoms with van der Waals surface area (Å²) in [5, 5.41) is 8.70. The summed E-state index contributed by atoms with van der Waals surface area (Å²) in [6.45, 7) is 0.632. The number of rotatable bonds is 4. The smallest absolute Gasteiger partial charge is 0.119 e. The van der Waals surface area contributed by atoms with Gasteiger partial charge in [-0.1, -0.05) is 28.1 Å². The lowest BCUT2D eigenvalue weighted by atomic mass is 10.1. The average molecular weight is 302 g/mol. The van der Waals surface area contributed by atoms with Gasteiger partial charge in [-0.3, -0.25) is 0 Å². The third kappa shape index (κ3) is 3.61. The van der Waals surface area contributed by atoms with Crippen molar-refractivity contribution in [3.8, 4) is 11.8 Å². The van der Waals surface area contributed by atoms with Crippen LogP contribution < -0.4 is 4.74 Å². The second-order valence-electron chi connectivity index (χ2n) is 3.86. The van der Waals surface area contributed by atoms with E-state index in [9.17, 15) is 0 Å². The third-order valence-corrected chi connectivity index (χ3v) is 3.08. The van der Waals surface area contributed by atoms with Crippen molar-refractivity contribution in [2.75, 3.05) is 6.61 Å². The van der Waals surface area contributed by atoms with Gasteiger partial charge in [-0.05, 0) is 42.0 Å². The van der Waals surface area contributed by atoms with Crippen molar-refractivity contribution in [3.05, 3.63) is 64.1 Å². The minimum absolute atomic E-state index is 0.632. The quantitative estimate of drug-likeness (QED) is 0.857. The number of hydrogen-bond donors (Lipinski definition) is 0. The Balaban J connectivity index is 1.84. The third-order valence-electron chi connectivity index (χ3n) is 2.56. The van der Waals surface area contributed by atoms with Gasteiger partial charge in [-0.15, -0.1) is 0 Å². The molecule has 0 saturated carbocycles. The molecule has 90 valence electrons. The van der Waals surface area contributed by atoms with E-state index < -0.39 is 0 Å². The zero-order valence-electron chi connectivity index (χ0n) is 9.77. The molecule has 0 aliphatic carbocycles. The molecule has 0 radical (unpaired) electrons. The van der Waals surface area contributed by atoms with Gasteiger partial charge >= 0.3 is 0 Å². The van der Waals surface area contributed by atoms with Crippen molar-refractivity contribution in [2.45, 2.75) is 6.42 Å². The fourth-order valence-corrected chi connectivity index (χ4v) is 1.83. The van der Waals surface area contributed by atoms with Crippen molar-refractivity contribution in [1.29, 1.82) is 5.26 Å². The summed E-state index contributed by atoms with van der Waals surface area (Å²) in [6.07, 6.45) is 0.835. The van der Waals surface area contributed by atoms with Crippen LogP contribution in [0.2, 0.25) is 0 Å². The topological polar surface area (TPSA) is 33.0 Å². The molecule has 0 atom stereocenters. The Morgan fingerprint density at radius 1 is 1.00 bits per heavy atom. The van der Waals surface area contributed by atoms with Crippen LogP contribution in [-0.2, 0) is 6.42 Å². The van der Waals surface area contributed by atoms with Gasteiger partial charge in [0.2, 0.25) is 0 Å². The van der Waals surface area contributed by atoms with Crippen LogP contribution in [-0.4, -0.2) is 6.61 Å². The van der Waals surface area contributed by atoms with E-state index in [1.54, 1.807) is 0 Å². The normalized spacial score (nSPS) is 9.78. The molecule has 0 saturated heterocycles. The van der Waals surface area contributed by atoms with Gasteiger partial charge in [0.25, 0.3) is 0 Å². The van der Waals surface area contributed by atoms with Gasteiger partial charge in [0.1, 0.15) is 5.75 Å². The van der Waals surface area contributed by atoms with Gasteiger partial charge in [0.15, 0.2) is 0 Å². The molecular formula is C15H12BrNO. The van der Waals surface area contributed by atoms with Crippen LogP contribution >= 0.6 is 15.9 Å². The molecule has 2 rings (SSSR count). The lowest BCUT2D eigenvalue weighted by molar-refractivity contribution is 0.322. The van der Waals surface area contributed by atoms with Crippen LogP contribution in [0.1, 0.15) is 11.1 Å². The standard InChI is InChI=1S/C15H12BrNO/c16-14-5-7-15(8-6-14)18-10-9-12-1-3-13(11-17)4-2-12/h1-8H,9-10H2. The minimum Gasteiger partial charge on any atom is -0.493 e. The monoisotopic (exact) mass is 301 g/mol. The first-order chi connectivity index (χ1) is 8.78. The Morgan fingerprint density at radius 2 is 1.67 bits per heavy atom. The van der Waals surface area contributed by atoms with E-state index in [-0.39, 0.29) is 0 Å². The first kappa shape index (κ1) is 12.7. The van der Waals surface area contributed by atoms with E-state index >= 15 is 0 Å². The Kier molecular flexibility index (Phi) is 4.38. The van der Waals surface area contributed by atoms with E-state index in [1.165, 1.54) is 5.56 Å². The van der Waals surface area contributed by atoms with Crippen LogP contribution in [0.5, 0.6) is 5.75 Å². The van der Waals surface area contributed by atoms with E-state index in [0.717, 1.165) is 16.6 Å². The number of hydrogen-bond acceptors (Lipinski definition) is 2. The molecule has 0 heterocycles. The first-order valence-corrected chi connectivity index (χ1v) is 6.44. The number of benzene rings is 2. The zero-order valence-corrected chi connectivity index (χ0v) is 11.4.